The molecule has 1 aromatic carbocycles. The van der Waals surface area contributed by atoms with Gasteiger partial charge in [-0.1, -0.05) is 25.1 Å². The molecule has 176 valence electrons. The highest BCUT2D eigenvalue weighted by molar-refractivity contribution is 7.89. The molecule has 2 aliphatic rings. The van der Waals surface area contributed by atoms with Gasteiger partial charge in [0.15, 0.2) is 0 Å². The predicted molar refractivity (Wildman–Crippen MR) is 121 cm³/mol. The maximum Gasteiger partial charge on any atom is 0.243 e. The summed E-state index contributed by atoms with van der Waals surface area (Å²) in [5.74, 6) is 1.60. The van der Waals surface area contributed by atoms with Crippen molar-refractivity contribution in [1.82, 2.24) is 23.4 Å². The SMILES string of the molecule is CCc1ccccc1S(=O)(=O)N1CCn2c(nnc2C2CCN(S(=O)(=O)C(C)C)CC2)C1. The number of benzene rings is 1. The van der Waals surface area contributed by atoms with Crippen LogP contribution in [0.25, 0.3) is 0 Å². The van der Waals surface area contributed by atoms with E-state index in [2.05, 4.69) is 10.2 Å². The highest BCUT2D eigenvalue weighted by atomic mass is 32.2. The molecule has 0 bridgehead atoms. The van der Waals surface area contributed by atoms with Gasteiger partial charge < -0.3 is 4.57 Å². The molecule has 2 aromatic rings. The van der Waals surface area contributed by atoms with Crippen LogP contribution < -0.4 is 0 Å². The van der Waals surface area contributed by atoms with Crippen molar-refractivity contribution in [1.29, 1.82) is 0 Å². The summed E-state index contributed by atoms with van der Waals surface area (Å²) >= 11 is 0. The molecule has 0 N–H and O–H groups in total. The molecule has 1 saturated heterocycles. The number of aromatic nitrogens is 3. The minimum Gasteiger partial charge on any atom is -0.312 e. The Kier molecular flexibility index (Phi) is 6.45. The zero-order valence-electron chi connectivity index (χ0n) is 18.8. The van der Waals surface area contributed by atoms with Crippen LogP contribution in [0.5, 0.6) is 0 Å². The Morgan fingerprint density at radius 2 is 1.66 bits per heavy atom. The van der Waals surface area contributed by atoms with E-state index in [9.17, 15) is 16.8 Å². The van der Waals surface area contributed by atoms with Crippen molar-refractivity contribution in [3.05, 3.63) is 41.5 Å². The van der Waals surface area contributed by atoms with Crippen LogP contribution in [0.2, 0.25) is 0 Å². The lowest BCUT2D eigenvalue weighted by Crippen LogP contribution is -2.42. The van der Waals surface area contributed by atoms with E-state index in [1.807, 2.05) is 23.6 Å². The topological polar surface area (TPSA) is 105 Å². The monoisotopic (exact) mass is 481 g/mol. The molecule has 0 saturated carbocycles. The van der Waals surface area contributed by atoms with Gasteiger partial charge in [-0.3, -0.25) is 0 Å². The average molecular weight is 482 g/mol. The van der Waals surface area contributed by atoms with E-state index < -0.39 is 25.3 Å². The Bertz CT molecular complexity index is 1180. The summed E-state index contributed by atoms with van der Waals surface area (Å²) in [6.45, 7) is 7.35. The summed E-state index contributed by atoms with van der Waals surface area (Å²) in [5.41, 5.74) is 0.809. The van der Waals surface area contributed by atoms with E-state index in [0.717, 1.165) is 11.4 Å². The first-order valence-electron chi connectivity index (χ1n) is 11.1. The van der Waals surface area contributed by atoms with Crippen molar-refractivity contribution >= 4 is 20.0 Å². The van der Waals surface area contributed by atoms with Crippen LogP contribution in [0.15, 0.2) is 29.2 Å². The van der Waals surface area contributed by atoms with Crippen molar-refractivity contribution in [3.63, 3.8) is 0 Å². The Morgan fingerprint density at radius 1 is 0.969 bits per heavy atom. The van der Waals surface area contributed by atoms with Crippen LogP contribution in [-0.4, -0.2) is 65.1 Å². The standard InChI is InChI=1S/C21H31N5O4S2/c1-4-17-7-5-6-8-19(17)32(29,30)25-13-14-26-20(15-25)22-23-21(26)18-9-11-24(12-10-18)31(27,28)16(2)3/h5-8,16,18H,4,9-15H2,1-3H3. The summed E-state index contributed by atoms with van der Waals surface area (Å²) in [4.78, 5) is 0.356. The molecule has 9 nitrogen and oxygen atoms in total. The average Bonchev–Trinajstić information content (AvgIpc) is 3.22. The fourth-order valence-electron chi connectivity index (χ4n) is 4.52. The molecular weight excluding hydrogens is 450 g/mol. The molecule has 0 aliphatic carbocycles. The number of piperidine rings is 1. The molecule has 3 heterocycles. The van der Waals surface area contributed by atoms with Gasteiger partial charge >= 0.3 is 0 Å². The van der Waals surface area contributed by atoms with Gasteiger partial charge in [-0.15, -0.1) is 10.2 Å². The van der Waals surface area contributed by atoms with Crippen LogP contribution in [0.4, 0.5) is 0 Å². The van der Waals surface area contributed by atoms with Crippen molar-refractivity contribution in [3.8, 4) is 0 Å². The summed E-state index contributed by atoms with van der Waals surface area (Å²) in [6, 6.07) is 7.12. The van der Waals surface area contributed by atoms with Gasteiger partial charge in [0.05, 0.1) is 16.7 Å². The molecular formula is C21H31N5O4S2. The maximum atomic E-state index is 13.3. The van der Waals surface area contributed by atoms with Gasteiger partial charge in [-0.05, 0) is 44.7 Å². The Morgan fingerprint density at radius 3 is 2.31 bits per heavy atom. The Balaban J connectivity index is 1.50. The van der Waals surface area contributed by atoms with E-state index in [1.54, 1.807) is 30.3 Å². The number of sulfonamides is 2. The van der Waals surface area contributed by atoms with Gasteiger partial charge in [-0.25, -0.2) is 21.1 Å². The first-order chi connectivity index (χ1) is 15.2. The molecule has 2 aliphatic heterocycles. The lowest BCUT2D eigenvalue weighted by Gasteiger charge is -2.33. The zero-order valence-corrected chi connectivity index (χ0v) is 20.4. The fourth-order valence-corrected chi connectivity index (χ4v) is 7.51. The van der Waals surface area contributed by atoms with Crippen molar-refractivity contribution < 1.29 is 16.8 Å². The first-order valence-corrected chi connectivity index (χ1v) is 14.1. The third-order valence-electron chi connectivity index (χ3n) is 6.49. The molecule has 4 rings (SSSR count). The lowest BCUT2D eigenvalue weighted by atomic mass is 9.97. The molecule has 0 atom stereocenters. The van der Waals surface area contributed by atoms with E-state index in [0.29, 0.717) is 56.2 Å². The maximum absolute atomic E-state index is 13.3. The zero-order chi connectivity index (χ0) is 23.1. The van der Waals surface area contributed by atoms with Gasteiger partial charge in [0.25, 0.3) is 0 Å². The second kappa shape index (κ2) is 8.85. The second-order valence-corrected chi connectivity index (χ2v) is 13.1. The number of rotatable bonds is 6. The van der Waals surface area contributed by atoms with Crippen LogP contribution in [0.3, 0.4) is 0 Å². The fraction of sp³-hybridized carbons (Fsp3) is 0.619. The van der Waals surface area contributed by atoms with E-state index in [-0.39, 0.29) is 12.5 Å². The summed E-state index contributed by atoms with van der Waals surface area (Å²) < 4.78 is 56.5. The highest BCUT2D eigenvalue weighted by Crippen LogP contribution is 2.31. The molecule has 11 heteroatoms. The third kappa shape index (κ3) is 4.11. The van der Waals surface area contributed by atoms with Gasteiger partial charge in [0.2, 0.25) is 20.0 Å². The van der Waals surface area contributed by atoms with Crippen molar-refractivity contribution in [2.45, 2.75) is 69.2 Å². The van der Waals surface area contributed by atoms with Crippen molar-refractivity contribution in [2.75, 3.05) is 19.6 Å². The number of hydrogen-bond donors (Lipinski definition) is 0. The molecule has 1 fully saturated rings. The number of hydrogen-bond acceptors (Lipinski definition) is 6. The number of fused-ring (bicyclic) bond motifs is 1. The molecule has 1 aromatic heterocycles. The number of aryl methyl sites for hydroxylation is 1. The molecule has 0 radical (unpaired) electrons. The first kappa shape index (κ1) is 23.3. The van der Waals surface area contributed by atoms with E-state index in [1.165, 1.54) is 4.31 Å². The van der Waals surface area contributed by atoms with Crippen LogP contribution in [0, 0.1) is 0 Å². The van der Waals surface area contributed by atoms with Crippen LogP contribution in [0.1, 0.15) is 56.7 Å². The minimum atomic E-state index is -3.62. The Hall–Kier alpha value is -1.82. The lowest BCUT2D eigenvalue weighted by molar-refractivity contribution is 0.294. The smallest absolute Gasteiger partial charge is 0.243 e. The van der Waals surface area contributed by atoms with Gasteiger partial charge in [0, 0.05) is 32.1 Å². The van der Waals surface area contributed by atoms with Crippen LogP contribution >= 0.6 is 0 Å². The summed E-state index contributed by atoms with van der Waals surface area (Å²) in [5, 5.41) is 8.27. The third-order valence-corrected chi connectivity index (χ3v) is 10.7. The quantitative estimate of drug-likeness (QED) is 0.625. The molecule has 0 spiro atoms. The highest BCUT2D eigenvalue weighted by Gasteiger charge is 2.36. The van der Waals surface area contributed by atoms with Gasteiger partial charge in [-0.2, -0.15) is 4.31 Å². The normalized spacial score (nSPS) is 19.4. The summed E-state index contributed by atoms with van der Waals surface area (Å²) in [6.07, 6.45) is 2.03. The summed E-state index contributed by atoms with van der Waals surface area (Å²) in [7, 11) is -6.86. The molecule has 32 heavy (non-hydrogen) atoms. The van der Waals surface area contributed by atoms with E-state index in [4.69, 9.17) is 0 Å². The second-order valence-electron chi connectivity index (χ2n) is 8.69. The van der Waals surface area contributed by atoms with E-state index >= 15 is 0 Å². The van der Waals surface area contributed by atoms with Crippen molar-refractivity contribution in [2.24, 2.45) is 0 Å². The largest absolute Gasteiger partial charge is 0.312 e. The molecule has 0 amide bonds. The Labute approximate surface area is 190 Å². The predicted octanol–water partition coefficient (Wildman–Crippen LogP) is 1.96. The van der Waals surface area contributed by atoms with Gasteiger partial charge in [0.1, 0.15) is 11.6 Å². The number of nitrogens with zero attached hydrogens (tertiary/aromatic N) is 5. The minimum absolute atomic E-state index is 0.124. The molecule has 0 unspecified atom stereocenters. The van der Waals surface area contributed by atoms with Crippen LogP contribution in [-0.2, 0) is 39.6 Å².